The minimum atomic E-state index is -0.363. The van der Waals surface area contributed by atoms with Gasteiger partial charge < -0.3 is 5.73 Å². The molecule has 0 aliphatic heterocycles. The number of nitrogens with zero attached hydrogens (tertiary/aromatic N) is 6. The van der Waals surface area contributed by atoms with E-state index in [0.29, 0.717) is 22.8 Å². The molecule has 0 radical (unpaired) electrons. The van der Waals surface area contributed by atoms with Crippen molar-refractivity contribution in [2.45, 2.75) is 0 Å². The number of anilines is 3. The Morgan fingerprint density at radius 3 is 2.67 bits per heavy atom. The van der Waals surface area contributed by atoms with E-state index in [4.69, 9.17) is 5.73 Å². The van der Waals surface area contributed by atoms with Gasteiger partial charge in [-0.15, -0.1) is 0 Å². The van der Waals surface area contributed by atoms with Crippen molar-refractivity contribution in [1.29, 1.82) is 5.26 Å². The van der Waals surface area contributed by atoms with Crippen molar-refractivity contribution >= 4 is 28.6 Å². The molecule has 8 heteroatoms. The number of halogens is 1. The number of benzene rings is 2. The van der Waals surface area contributed by atoms with Crippen LogP contribution in [0.3, 0.4) is 0 Å². The minimum Gasteiger partial charge on any atom is -0.382 e. The van der Waals surface area contributed by atoms with Gasteiger partial charge in [0.05, 0.1) is 11.0 Å². The Morgan fingerprint density at radius 1 is 1.15 bits per heavy atom. The van der Waals surface area contributed by atoms with Crippen LogP contribution in [-0.2, 0) is 0 Å². The van der Waals surface area contributed by atoms with Crippen LogP contribution in [0.15, 0.2) is 54.9 Å². The molecule has 4 aromatic rings. The molecule has 2 N–H and O–H groups in total. The number of aromatic nitrogens is 4. The third-order valence-corrected chi connectivity index (χ3v) is 4.20. The summed E-state index contributed by atoms with van der Waals surface area (Å²) in [4.78, 5) is 14.3. The van der Waals surface area contributed by atoms with E-state index >= 15 is 0 Å². The number of imidazole rings is 1. The summed E-state index contributed by atoms with van der Waals surface area (Å²) in [5, 5.41) is 9.44. The Kier molecular flexibility index (Phi) is 3.90. The first-order valence-electron chi connectivity index (χ1n) is 8.08. The van der Waals surface area contributed by atoms with E-state index in [1.807, 2.05) is 36.4 Å². The molecule has 2 aromatic heterocycles. The fraction of sp³-hybridized carbons (Fsp3) is 0.0526. The largest absolute Gasteiger partial charge is 0.382 e. The van der Waals surface area contributed by atoms with Gasteiger partial charge in [0, 0.05) is 18.8 Å². The number of hydrogen-bond donors (Lipinski definition) is 1. The van der Waals surface area contributed by atoms with Gasteiger partial charge in [0.15, 0.2) is 5.82 Å². The van der Waals surface area contributed by atoms with Gasteiger partial charge >= 0.3 is 0 Å². The number of rotatable bonds is 3. The van der Waals surface area contributed by atoms with Gasteiger partial charge in [0.25, 0.3) is 0 Å². The Balaban J connectivity index is 2.00. The van der Waals surface area contributed by atoms with Crippen LogP contribution in [0, 0.1) is 17.1 Å². The van der Waals surface area contributed by atoms with E-state index in [-0.39, 0.29) is 17.2 Å². The molecule has 0 aliphatic rings. The molecule has 0 bridgehead atoms. The highest BCUT2D eigenvalue weighted by atomic mass is 19.1. The first-order valence-corrected chi connectivity index (χ1v) is 8.08. The van der Waals surface area contributed by atoms with Crippen molar-refractivity contribution in [3.63, 3.8) is 0 Å². The molecule has 4 rings (SSSR count). The summed E-state index contributed by atoms with van der Waals surface area (Å²) >= 11 is 0. The third kappa shape index (κ3) is 2.71. The second kappa shape index (κ2) is 6.38. The highest BCUT2D eigenvalue weighted by Crippen LogP contribution is 2.32. The lowest BCUT2D eigenvalue weighted by Gasteiger charge is -2.20. The van der Waals surface area contributed by atoms with E-state index in [2.05, 4.69) is 15.0 Å². The van der Waals surface area contributed by atoms with E-state index < -0.39 is 0 Å². The maximum absolute atomic E-state index is 13.9. The van der Waals surface area contributed by atoms with Crippen LogP contribution in [0.2, 0.25) is 0 Å². The van der Waals surface area contributed by atoms with E-state index in [9.17, 15) is 9.65 Å². The Morgan fingerprint density at radius 2 is 1.93 bits per heavy atom. The summed E-state index contributed by atoms with van der Waals surface area (Å²) < 4.78 is 15.7. The van der Waals surface area contributed by atoms with E-state index in [0.717, 1.165) is 5.69 Å². The van der Waals surface area contributed by atoms with Crippen LogP contribution in [0.25, 0.3) is 16.7 Å². The molecule has 27 heavy (non-hydrogen) atoms. The number of nitriles is 1. The highest BCUT2D eigenvalue weighted by molar-refractivity contribution is 5.83. The number of para-hydroxylation sites is 1. The standard InChI is InChI=1S/C19H14FN7/c1-26(18-14(10-21)17(22)23-11-24-18)19-25-15-8-7-12(20)9-16(15)27(19)13-5-3-2-4-6-13/h2-9,11H,1H3,(H2,22,23,24). The van der Waals surface area contributed by atoms with Gasteiger partial charge in [-0.1, -0.05) is 18.2 Å². The van der Waals surface area contributed by atoms with Crippen molar-refractivity contribution in [3.05, 3.63) is 66.2 Å². The summed E-state index contributed by atoms with van der Waals surface area (Å²) in [5.74, 6) is 0.509. The third-order valence-electron chi connectivity index (χ3n) is 4.20. The summed E-state index contributed by atoms with van der Waals surface area (Å²) in [6.45, 7) is 0. The number of nitrogens with two attached hydrogens (primary N) is 1. The van der Waals surface area contributed by atoms with Crippen LogP contribution >= 0.6 is 0 Å². The zero-order valence-electron chi connectivity index (χ0n) is 14.3. The molecule has 2 heterocycles. The zero-order valence-corrected chi connectivity index (χ0v) is 14.3. The second-order valence-corrected chi connectivity index (χ2v) is 5.84. The minimum absolute atomic E-state index is 0.0859. The Bertz CT molecular complexity index is 1180. The van der Waals surface area contributed by atoms with Crippen LogP contribution in [-0.4, -0.2) is 26.6 Å². The van der Waals surface area contributed by atoms with Gasteiger partial charge in [-0.3, -0.25) is 9.47 Å². The predicted molar refractivity (Wildman–Crippen MR) is 100 cm³/mol. The van der Waals surface area contributed by atoms with Crippen LogP contribution in [0.4, 0.5) is 22.0 Å². The normalized spacial score (nSPS) is 10.7. The zero-order chi connectivity index (χ0) is 19.0. The summed E-state index contributed by atoms with van der Waals surface area (Å²) in [6.07, 6.45) is 1.29. The summed E-state index contributed by atoms with van der Waals surface area (Å²) in [6, 6.07) is 15.9. The van der Waals surface area contributed by atoms with Crippen molar-refractivity contribution in [2.24, 2.45) is 0 Å². The fourth-order valence-corrected chi connectivity index (χ4v) is 2.94. The van der Waals surface area contributed by atoms with E-state index in [1.54, 1.807) is 22.6 Å². The molecule has 0 aliphatic carbocycles. The molecule has 0 atom stereocenters. The SMILES string of the molecule is CN(c1ncnc(N)c1C#N)c1nc2ccc(F)cc2n1-c1ccccc1. The van der Waals surface area contributed by atoms with Gasteiger partial charge in [-0.05, 0) is 24.3 Å². The molecular formula is C19H14FN7. The lowest BCUT2D eigenvalue weighted by molar-refractivity contribution is 0.629. The van der Waals surface area contributed by atoms with Gasteiger partial charge in [0.1, 0.15) is 29.6 Å². The molecule has 0 unspecified atom stereocenters. The second-order valence-electron chi connectivity index (χ2n) is 5.84. The average Bonchev–Trinajstić information content (AvgIpc) is 3.06. The van der Waals surface area contributed by atoms with E-state index in [1.165, 1.54) is 18.5 Å². The Hall–Kier alpha value is -3.99. The maximum Gasteiger partial charge on any atom is 0.216 e. The number of nitrogen functional groups attached to an aromatic ring is 1. The molecule has 2 aromatic carbocycles. The van der Waals surface area contributed by atoms with Gasteiger partial charge in [-0.2, -0.15) is 5.26 Å². The number of hydrogen-bond acceptors (Lipinski definition) is 6. The van der Waals surface area contributed by atoms with Crippen molar-refractivity contribution in [2.75, 3.05) is 17.7 Å². The lowest BCUT2D eigenvalue weighted by atomic mass is 10.2. The first-order chi connectivity index (χ1) is 13.1. The molecule has 7 nitrogen and oxygen atoms in total. The predicted octanol–water partition coefficient (Wildman–Crippen LogP) is 3.18. The molecular weight excluding hydrogens is 345 g/mol. The fourth-order valence-electron chi connectivity index (χ4n) is 2.94. The molecule has 0 fully saturated rings. The van der Waals surface area contributed by atoms with Crippen molar-refractivity contribution < 1.29 is 4.39 Å². The Labute approximate surface area is 154 Å². The van der Waals surface area contributed by atoms with Crippen molar-refractivity contribution in [1.82, 2.24) is 19.5 Å². The molecule has 132 valence electrons. The van der Waals surface area contributed by atoms with Gasteiger partial charge in [-0.25, -0.2) is 19.3 Å². The monoisotopic (exact) mass is 359 g/mol. The quantitative estimate of drug-likeness (QED) is 0.603. The first kappa shape index (κ1) is 16.5. The maximum atomic E-state index is 13.9. The topological polar surface area (TPSA) is 96.7 Å². The summed E-state index contributed by atoms with van der Waals surface area (Å²) in [5.41, 5.74) is 7.98. The summed E-state index contributed by atoms with van der Waals surface area (Å²) in [7, 11) is 1.72. The number of fused-ring (bicyclic) bond motifs is 1. The van der Waals surface area contributed by atoms with Crippen molar-refractivity contribution in [3.8, 4) is 11.8 Å². The smallest absolute Gasteiger partial charge is 0.216 e. The van der Waals surface area contributed by atoms with Crippen LogP contribution in [0.5, 0.6) is 0 Å². The lowest BCUT2D eigenvalue weighted by Crippen LogP contribution is -2.18. The molecule has 0 spiro atoms. The van der Waals surface area contributed by atoms with Crippen LogP contribution < -0.4 is 10.6 Å². The van der Waals surface area contributed by atoms with Crippen LogP contribution in [0.1, 0.15) is 5.56 Å². The average molecular weight is 359 g/mol. The molecule has 0 amide bonds. The van der Waals surface area contributed by atoms with Gasteiger partial charge in [0.2, 0.25) is 5.95 Å². The highest BCUT2D eigenvalue weighted by Gasteiger charge is 2.21. The molecule has 0 saturated carbocycles. The molecule has 0 saturated heterocycles.